The SMILES string of the molecule is CCC(O)OCC(C)OC. The summed E-state index contributed by atoms with van der Waals surface area (Å²) in [5, 5.41) is 8.92. The highest BCUT2D eigenvalue weighted by atomic mass is 16.6. The molecule has 0 bridgehead atoms. The van der Waals surface area contributed by atoms with Crippen molar-refractivity contribution in [1.82, 2.24) is 0 Å². The van der Waals surface area contributed by atoms with E-state index in [1.165, 1.54) is 0 Å². The molecule has 2 unspecified atom stereocenters. The number of hydrogen-bond donors (Lipinski definition) is 1. The highest BCUT2D eigenvalue weighted by Gasteiger charge is 2.03. The second kappa shape index (κ2) is 5.65. The van der Waals surface area contributed by atoms with Crippen LogP contribution in [0.2, 0.25) is 0 Å². The first-order chi connectivity index (χ1) is 4.70. The maximum atomic E-state index is 8.92. The van der Waals surface area contributed by atoms with Crippen LogP contribution < -0.4 is 0 Å². The van der Waals surface area contributed by atoms with Crippen molar-refractivity contribution in [2.45, 2.75) is 32.7 Å². The summed E-state index contributed by atoms with van der Waals surface area (Å²) in [4.78, 5) is 0. The number of methoxy groups -OCH3 is 1. The molecule has 0 fully saturated rings. The van der Waals surface area contributed by atoms with Crippen molar-refractivity contribution in [3.63, 3.8) is 0 Å². The van der Waals surface area contributed by atoms with E-state index >= 15 is 0 Å². The third-order valence-electron chi connectivity index (χ3n) is 1.27. The van der Waals surface area contributed by atoms with Crippen LogP contribution in [0, 0.1) is 0 Å². The fraction of sp³-hybridized carbons (Fsp3) is 1.00. The summed E-state index contributed by atoms with van der Waals surface area (Å²) in [5.74, 6) is 0. The fourth-order valence-corrected chi connectivity index (χ4v) is 0.432. The molecule has 0 aliphatic carbocycles. The van der Waals surface area contributed by atoms with Crippen LogP contribution in [0.3, 0.4) is 0 Å². The maximum absolute atomic E-state index is 8.92. The Hall–Kier alpha value is -0.120. The van der Waals surface area contributed by atoms with E-state index in [1.807, 2.05) is 13.8 Å². The minimum atomic E-state index is -0.641. The first kappa shape index (κ1) is 9.88. The van der Waals surface area contributed by atoms with Crippen molar-refractivity contribution in [3.05, 3.63) is 0 Å². The standard InChI is InChI=1S/C7H16O3/c1-4-7(8)10-5-6(2)9-3/h6-8H,4-5H2,1-3H3. The molecule has 0 aromatic heterocycles. The molecule has 0 aromatic carbocycles. The Kier molecular flexibility index (Phi) is 5.58. The summed E-state index contributed by atoms with van der Waals surface area (Å²) in [6.07, 6.45) is 0.0370. The lowest BCUT2D eigenvalue weighted by molar-refractivity contribution is -0.124. The minimum Gasteiger partial charge on any atom is -0.379 e. The largest absolute Gasteiger partial charge is 0.379 e. The number of aliphatic hydroxyl groups excluding tert-OH is 1. The monoisotopic (exact) mass is 148 g/mol. The Morgan fingerprint density at radius 1 is 1.50 bits per heavy atom. The molecular formula is C7H16O3. The lowest BCUT2D eigenvalue weighted by Crippen LogP contribution is -2.19. The Bertz CT molecular complexity index is 65.3. The molecule has 2 atom stereocenters. The van der Waals surface area contributed by atoms with Crippen molar-refractivity contribution >= 4 is 0 Å². The Labute approximate surface area is 62.0 Å². The van der Waals surface area contributed by atoms with Crippen molar-refractivity contribution in [3.8, 4) is 0 Å². The molecule has 3 nitrogen and oxygen atoms in total. The van der Waals surface area contributed by atoms with E-state index in [2.05, 4.69) is 0 Å². The van der Waals surface area contributed by atoms with Crippen LogP contribution in [0.1, 0.15) is 20.3 Å². The average Bonchev–Trinajstić information content (AvgIpc) is 1.99. The zero-order valence-corrected chi connectivity index (χ0v) is 6.83. The van der Waals surface area contributed by atoms with Gasteiger partial charge in [0.15, 0.2) is 6.29 Å². The van der Waals surface area contributed by atoms with Crippen molar-refractivity contribution < 1.29 is 14.6 Å². The maximum Gasteiger partial charge on any atom is 0.154 e. The van der Waals surface area contributed by atoms with Gasteiger partial charge in [0.1, 0.15) is 0 Å². The quantitative estimate of drug-likeness (QED) is 0.585. The van der Waals surface area contributed by atoms with Crippen LogP contribution in [0.5, 0.6) is 0 Å². The number of ether oxygens (including phenoxy) is 2. The van der Waals surface area contributed by atoms with Gasteiger partial charge in [-0.05, 0) is 13.3 Å². The Morgan fingerprint density at radius 3 is 2.50 bits per heavy atom. The van der Waals surface area contributed by atoms with E-state index in [0.29, 0.717) is 13.0 Å². The van der Waals surface area contributed by atoms with Gasteiger partial charge in [0.2, 0.25) is 0 Å². The van der Waals surface area contributed by atoms with Gasteiger partial charge in [-0.3, -0.25) is 0 Å². The van der Waals surface area contributed by atoms with Gasteiger partial charge in [0, 0.05) is 7.11 Å². The summed E-state index contributed by atoms with van der Waals surface area (Å²) in [7, 11) is 1.62. The molecule has 0 aliphatic heterocycles. The Balaban J connectivity index is 3.17. The summed E-state index contributed by atoms with van der Waals surface area (Å²) in [6.45, 7) is 4.20. The molecule has 62 valence electrons. The molecular weight excluding hydrogens is 132 g/mol. The highest BCUT2D eigenvalue weighted by Crippen LogP contribution is 1.95. The van der Waals surface area contributed by atoms with Crippen LogP contribution in [0.25, 0.3) is 0 Å². The molecule has 0 heterocycles. The second-order valence-corrected chi connectivity index (χ2v) is 2.24. The summed E-state index contributed by atoms with van der Waals surface area (Å²) in [5.41, 5.74) is 0. The minimum absolute atomic E-state index is 0.0567. The van der Waals surface area contributed by atoms with Crippen LogP contribution in [0.15, 0.2) is 0 Å². The number of aliphatic hydroxyl groups is 1. The zero-order chi connectivity index (χ0) is 7.98. The van der Waals surface area contributed by atoms with E-state index in [0.717, 1.165) is 0 Å². The lowest BCUT2D eigenvalue weighted by atomic mass is 10.4. The number of hydrogen-bond acceptors (Lipinski definition) is 3. The molecule has 0 saturated carbocycles. The van der Waals surface area contributed by atoms with E-state index in [-0.39, 0.29) is 6.10 Å². The van der Waals surface area contributed by atoms with Crippen molar-refractivity contribution in [2.75, 3.05) is 13.7 Å². The number of rotatable bonds is 5. The van der Waals surface area contributed by atoms with Crippen LogP contribution in [0.4, 0.5) is 0 Å². The lowest BCUT2D eigenvalue weighted by Gasteiger charge is -2.13. The molecule has 0 rings (SSSR count). The molecule has 0 spiro atoms. The molecule has 0 amide bonds. The predicted octanol–water partition coefficient (Wildman–Crippen LogP) is 0.766. The third kappa shape index (κ3) is 4.73. The molecule has 0 saturated heterocycles. The van der Waals surface area contributed by atoms with E-state index < -0.39 is 6.29 Å². The van der Waals surface area contributed by atoms with E-state index in [9.17, 15) is 0 Å². The van der Waals surface area contributed by atoms with Gasteiger partial charge in [-0.25, -0.2) is 0 Å². The highest BCUT2D eigenvalue weighted by molar-refractivity contribution is 4.45. The summed E-state index contributed by atoms with van der Waals surface area (Å²) < 4.78 is 9.88. The van der Waals surface area contributed by atoms with Gasteiger partial charge >= 0.3 is 0 Å². The topological polar surface area (TPSA) is 38.7 Å². The predicted molar refractivity (Wildman–Crippen MR) is 38.7 cm³/mol. The summed E-state index contributed by atoms with van der Waals surface area (Å²) in [6, 6.07) is 0. The third-order valence-corrected chi connectivity index (χ3v) is 1.27. The first-order valence-corrected chi connectivity index (χ1v) is 3.53. The van der Waals surface area contributed by atoms with Gasteiger partial charge in [-0.15, -0.1) is 0 Å². The van der Waals surface area contributed by atoms with Crippen molar-refractivity contribution in [1.29, 1.82) is 0 Å². The van der Waals surface area contributed by atoms with Crippen molar-refractivity contribution in [2.24, 2.45) is 0 Å². The average molecular weight is 148 g/mol. The van der Waals surface area contributed by atoms with Gasteiger partial charge in [-0.1, -0.05) is 6.92 Å². The normalized spacial score (nSPS) is 16.8. The molecule has 3 heteroatoms. The van der Waals surface area contributed by atoms with Gasteiger partial charge in [0.25, 0.3) is 0 Å². The summed E-state index contributed by atoms with van der Waals surface area (Å²) >= 11 is 0. The van der Waals surface area contributed by atoms with E-state index in [1.54, 1.807) is 7.11 Å². The van der Waals surface area contributed by atoms with Gasteiger partial charge in [0.05, 0.1) is 12.7 Å². The zero-order valence-electron chi connectivity index (χ0n) is 6.83. The smallest absolute Gasteiger partial charge is 0.154 e. The first-order valence-electron chi connectivity index (χ1n) is 3.53. The van der Waals surface area contributed by atoms with Crippen LogP contribution in [-0.4, -0.2) is 31.2 Å². The molecule has 1 N–H and O–H groups in total. The molecule has 0 aliphatic rings. The van der Waals surface area contributed by atoms with Gasteiger partial charge < -0.3 is 14.6 Å². The Morgan fingerprint density at radius 2 is 2.10 bits per heavy atom. The van der Waals surface area contributed by atoms with E-state index in [4.69, 9.17) is 14.6 Å². The van der Waals surface area contributed by atoms with Crippen LogP contribution >= 0.6 is 0 Å². The molecule has 10 heavy (non-hydrogen) atoms. The molecule has 0 aromatic rings. The molecule has 0 radical (unpaired) electrons. The second-order valence-electron chi connectivity index (χ2n) is 2.24. The van der Waals surface area contributed by atoms with Gasteiger partial charge in [-0.2, -0.15) is 0 Å². The fourth-order valence-electron chi connectivity index (χ4n) is 0.432. The van der Waals surface area contributed by atoms with Crippen LogP contribution in [-0.2, 0) is 9.47 Å².